The molecular formula is C19H21NO6S. The van der Waals surface area contributed by atoms with Crippen LogP contribution in [0.15, 0.2) is 41.3 Å². The van der Waals surface area contributed by atoms with Gasteiger partial charge in [-0.3, -0.25) is 4.79 Å². The molecule has 144 valence electrons. The number of sulfone groups is 1. The second-order valence-electron chi connectivity index (χ2n) is 6.24. The Morgan fingerprint density at radius 1 is 1.11 bits per heavy atom. The lowest BCUT2D eigenvalue weighted by Crippen LogP contribution is -2.16. The topological polar surface area (TPSA) is 110 Å². The first-order chi connectivity index (χ1) is 12.6. The number of rotatable bonds is 7. The van der Waals surface area contributed by atoms with E-state index < -0.39 is 21.7 Å². The maximum atomic E-state index is 12.1. The molecule has 2 aromatic carbocycles. The third-order valence-corrected chi connectivity index (χ3v) is 4.87. The van der Waals surface area contributed by atoms with Crippen LogP contribution in [0.2, 0.25) is 0 Å². The lowest BCUT2D eigenvalue weighted by atomic mass is 10.1. The summed E-state index contributed by atoms with van der Waals surface area (Å²) in [5.74, 6) is -1.02. The summed E-state index contributed by atoms with van der Waals surface area (Å²) in [4.78, 5) is 23.1. The standard InChI is InChI=1S/C19H21NO6S/c1-12-4-5-17(13(2)8-12)26-7-6-18(21)20-15-9-14(19(22)23)10-16(11-15)27(3,24)25/h4-5,8-11H,6-7H2,1-3H3,(H,20,21)(H,22,23). The first kappa shape index (κ1) is 20.4. The van der Waals surface area contributed by atoms with Crippen molar-refractivity contribution in [2.75, 3.05) is 18.2 Å². The number of carboxylic acids is 1. The van der Waals surface area contributed by atoms with Crippen LogP contribution in [0, 0.1) is 13.8 Å². The van der Waals surface area contributed by atoms with Crippen molar-refractivity contribution in [3.05, 3.63) is 53.1 Å². The average molecular weight is 391 g/mol. The average Bonchev–Trinajstić information content (AvgIpc) is 2.55. The second-order valence-corrected chi connectivity index (χ2v) is 8.25. The maximum absolute atomic E-state index is 12.1. The minimum absolute atomic E-state index is 0.0266. The Labute approximate surface area is 157 Å². The molecule has 0 saturated carbocycles. The summed E-state index contributed by atoms with van der Waals surface area (Å²) in [6.45, 7) is 4.01. The normalized spacial score (nSPS) is 11.1. The Kier molecular flexibility index (Phi) is 6.22. The van der Waals surface area contributed by atoms with Crippen LogP contribution in [0.5, 0.6) is 5.75 Å². The predicted molar refractivity (Wildman–Crippen MR) is 101 cm³/mol. The summed E-state index contributed by atoms with van der Waals surface area (Å²) in [5, 5.41) is 11.6. The summed E-state index contributed by atoms with van der Waals surface area (Å²) in [6, 6.07) is 9.20. The fourth-order valence-corrected chi connectivity index (χ4v) is 3.13. The highest BCUT2D eigenvalue weighted by molar-refractivity contribution is 7.90. The van der Waals surface area contributed by atoms with Crippen molar-refractivity contribution in [3.8, 4) is 5.75 Å². The minimum Gasteiger partial charge on any atom is -0.493 e. The van der Waals surface area contributed by atoms with Crippen LogP contribution in [-0.4, -0.2) is 38.3 Å². The van der Waals surface area contributed by atoms with Crippen LogP contribution in [0.4, 0.5) is 5.69 Å². The van der Waals surface area contributed by atoms with Crippen molar-refractivity contribution in [2.45, 2.75) is 25.2 Å². The van der Waals surface area contributed by atoms with E-state index in [0.29, 0.717) is 5.75 Å². The molecule has 1 amide bonds. The molecule has 0 atom stereocenters. The lowest BCUT2D eigenvalue weighted by Gasteiger charge is -2.11. The monoisotopic (exact) mass is 391 g/mol. The van der Waals surface area contributed by atoms with E-state index in [0.717, 1.165) is 23.4 Å². The third-order valence-electron chi connectivity index (χ3n) is 3.78. The van der Waals surface area contributed by atoms with Gasteiger partial charge in [-0.25, -0.2) is 13.2 Å². The van der Waals surface area contributed by atoms with Gasteiger partial charge >= 0.3 is 5.97 Å². The van der Waals surface area contributed by atoms with Gasteiger partial charge in [0, 0.05) is 11.9 Å². The number of carbonyl (C=O) groups is 2. The number of carboxylic acid groups (broad SMARTS) is 1. The molecule has 2 rings (SSSR count). The molecule has 0 heterocycles. The summed E-state index contributed by atoms with van der Waals surface area (Å²) < 4.78 is 29.0. The number of hydrogen-bond acceptors (Lipinski definition) is 5. The van der Waals surface area contributed by atoms with Gasteiger partial charge in [0.25, 0.3) is 0 Å². The summed E-state index contributed by atoms with van der Waals surface area (Å²) in [5.41, 5.74) is 1.95. The van der Waals surface area contributed by atoms with Crippen molar-refractivity contribution >= 4 is 27.4 Å². The van der Waals surface area contributed by atoms with Gasteiger partial charge in [0.05, 0.1) is 23.5 Å². The fraction of sp³-hybridized carbons (Fsp3) is 0.263. The molecule has 2 aromatic rings. The van der Waals surface area contributed by atoms with Gasteiger partial charge in [-0.15, -0.1) is 0 Å². The van der Waals surface area contributed by atoms with E-state index in [1.165, 1.54) is 12.1 Å². The summed E-state index contributed by atoms with van der Waals surface area (Å²) in [7, 11) is -3.62. The highest BCUT2D eigenvalue weighted by Crippen LogP contribution is 2.21. The number of benzene rings is 2. The first-order valence-corrected chi connectivity index (χ1v) is 10.0. The van der Waals surface area contributed by atoms with Crippen LogP contribution >= 0.6 is 0 Å². The van der Waals surface area contributed by atoms with Crippen LogP contribution in [0.1, 0.15) is 27.9 Å². The number of ether oxygens (including phenoxy) is 1. The number of nitrogens with one attached hydrogen (secondary N) is 1. The third kappa shape index (κ3) is 5.82. The van der Waals surface area contributed by atoms with Crippen LogP contribution < -0.4 is 10.1 Å². The van der Waals surface area contributed by atoms with Gasteiger partial charge in [0.1, 0.15) is 5.75 Å². The first-order valence-electron chi connectivity index (χ1n) is 8.14. The minimum atomic E-state index is -3.62. The molecule has 2 N–H and O–H groups in total. The number of aromatic carboxylic acids is 1. The molecule has 0 aliphatic carbocycles. The maximum Gasteiger partial charge on any atom is 0.335 e. The number of hydrogen-bond donors (Lipinski definition) is 2. The predicted octanol–water partition coefficient (Wildman–Crippen LogP) is 2.81. The van der Waals surface area contributed by atoms with Crippen molar-refractivity contribution in [2.24, 2.45) is 0 Å². The van der Waals surface area contributed by atoms with E-state index in [1.54, 1.807) is 0 Å². The molecule has 0 aromatic heterocycles. The molecule has 8 heteroatoms. The van der Waals surface area contributed by atoms with Gasteiger partial charge < -0.3 is 15.2 Å². The zero-order chi connectivity index (χ0) is 20.2. The molecule has 0 spiro atoms. The van der Waals surface area contributed by atoms with E-state index >= 15 is 0 Å². The van der Waals surface area contributed by atoms with Crippen LogP contribution in [0.3, 0.4) is 0 Å². The summed E-state index contributed by atoms with van der Waals surface area (Å²) >= 11 is 0. The molecule has 0 aliphatic heterocycles. The van der Waals surface area contributed by atoms with E-state index in [1.807, 2.05) is 32.0 Å². The van der Waals surface area contributed by atoms with Crippen LogP contribution in [0.25, 0.3) is 0 Å². The zero-order valence-corrected chi connectivity index (χ0v) is 16.1. The van der Waals surface area contributed by atoms with Crippen molar-refractivity contribution in [1.82, 2.24) is 0 Å². The molecular weight excluding hydrogens is 370 g/mol. The van der Waals surface area contributed by atoms with Crippen molar-refractivity contribution < 1.29 is 27.9 Å². The molecule has 0 radical (unpaired) electrons. The SMILES string of the molecule is Cc1ccc(OCCC(=O)Nc2cc(C(=O)O)cc(S(C)(=O)=O)c2)c(C)c1. The van der Waals surface area contributed by atoms with Gasteiger partial charge in [0.2, 0.25) is 5.91 Å². The van der Waals surface area contributed by atoms with Gasteiger partial charge in [-0.1, -0.05) is 17.7 Å². The van der Waals surface area contributed by atoms with Crippen LogP contribution in [-0.2, 0) is 14.6 Å². The van der Waals surface area contributed by atoms with Crippen molar-refractivity contribution in [3.63, 3.8) is 0 Å². The zero-order valence-electron chi connectivity index (χ0n) is 15.3. The van der Waals surface area contributed by atoms with E-state index in [4.69, 9.17) is 9.84 Å². The molecule has 0 saturated heterocycles. The number of amides is 1. The number of aryl methyl sites for hydroxylation is 2. The smallest absolute Gasteiger partial charge is 0.335 e. The van der Waals surface area contributed by atoms with Crippen molar-refractivity contribution in [1.29, 1.82) is 0 Å². The Hall–Kier alpha value is -2.87. The second kappa shape index (κ2) is 8.22. The molecule has 0 aliphatic rings. The largest absolute Gasteiger partial charge is 0.493 e. The van der Waals surface area contributed by atoms with E-state index in [-0.39, 0.29) is 29.2 Å². The Morgan fingerprint density at radius 2 is 1.81 bits per heavy atom. The molecule has 0 unspecified atom stereocenters. The number of anilines is 1. The van der Waals surface area contributed by atoms with E-state index in [9.17, 15) is 18.0 Å². The Morgan fingerprint density at radius 3 is 2.41 bits per heavy atom. The van der Waals surface area contributed by atoms with Gasteiger partial charge in [-0.05, 0) is 43.7 Å². The van der Waals surface area contributed by atoms with Gasteiger partial charge in [-0.2, -0.15) is 0 Å². The van der Waals surface area contributed by atoms with Gasteiger partial charge in [0.15, 0.2) is 9.84 Å². The highest BCUT2D eigenvalue weighted by Gasteiger charge is 2.15. The highest BCUT2D eigenvalue weighted by atomic mass is 32.2. The van der Waals surface area contributed by atoms with E-state index in [2.05, 4.69) is 5.32 Å². The molecule has 27 heavy (non-hydrogen) atoms. The fourth-order valence-electron chi connectivity index (χ4n) is 2.45. The number of carbonyl (C=O) groups excluding carboxylic acids is 1. The Bertz CT molecular complexity index is 982. The molecule has 7 nitrogen and oxygen atoms in total. The summed E-state index contributed by atoms with van der Waals surface area (Å²) in [6.07, 6.45) is 0.996. The lowest BCUT2D eigenvalue weighted by molar-refractivity contribution is -0.116. The Balaban J connectivity index is 2.04. The molecule has 0 bridgehead atoms. The quantitative estimate of drug-likeness (QED) is 0.751. The molecule has 0 fully saturated rings.